The van der Waals surface area contributed by atoms with E-state index in [0.717, 1.165) is 0 Å². The number of rotatable bonds is 3. The lowest BCUT2D eigenvalue weighted by Crippen LogP contribution is -2.22. The van der Waals surface area contributed by atoms with Crippen molar-refractivity contribution in [3.63, 3.8) is 0 Å². The molecule has 0 N–H and O–H groups in total. The fraction of sp³-hybridized carbons (Fsp3) is 0.600. The van der Waals surface area contributed by atoms with E-state index in [1.54, 1.807) is 7.11 Å². The lowest BCUT2D eigenvalue weighted by Gasteiger charge is -2.26. The van der Waals surface area contributed by atoms with Crippen molar-refractivity contribution < 1.29 is 4.74 Å². The zero-order chi connectivity index (χ0) is 13.2. The van der Waals surface area contributed by atoms with Gasteiger partial charge in [-0.2, -0.15) is 0 Å². The van der Waals surface area contributed by atoms with Gasteiger partial charge in [0.15, 0.2) is 0 Å². The van der Waals surface area contributed by atoms with Crippen molar-refractivity contribution in [3.05, 3.63) is 34.9 Å². The van der Waals surface area contributed by atoms with E-state index in [2.05, 4.69) is 50.8 Å². The highest BCUT2D eigenvalue weighted by molar-refractivity contribution is 5.35. The van der Waals surface area contributed by atoms with E-state index in [4.69, 9.17) is 4.74 Å². The van der Waals surface area contributed by atoms with Gasteiger partial charge in [0, 0.05) is 7.11 Å². The summed E-state index contributed by atoms with van der Waals surface area (Å²) in [5, 5.41) is 0. The average Bonchev–Trinajstić information content (AvgIpc) is 2.19. The lowest BCUT2D eigenvalue weighted by molar-refractivity contribution is -0.00586. The molecule has 1 atom stereocenters. The standard InChI is InChI=1S/C15H25NO/c1-11-10-12(15(2,3)4)8-9-13(11)14(17-7)16(5)6/h8-10,14H,1-7H3. The van der Waals surface area contributed by atoms with Crippen LogP contribution in [0.4, 0.5) is 0 Å². The fourth-order valence-electron chi connectivity index (χ4n) is 2.04. The fourth-order valence-corrected chi connectivity index (χ4v) is 2.04. The van der Waals surface area contributed by atoms with Crippen LogP contribution in [-0.4, -0.2) is 26.1 Å². The maximum absolute atomic E-state index is 5.53. The highest BCUT2D eigenvalue weighted by Crippen LogP contribution is 2.28. The smallest absolute Gasteiger partial charge is 0.136 e. The predicted octanol–water partition coefficient (Wildman–Crippen LogP) is 3.50. The normalized spacial score (nSPS) is 14.1. The number of hydrogen-bond donors (Lipinski definition) is 0. The van der Waals surface area contributed by atoms with Crippen molar-refractivity contribution in [2.75, 3.05) is 21.2 Å². The third kappa shape index (κ3) is 3.30. The molecule has 2 nitrogen and oxygen atoms in total. The summed E-state index contributed by atoms with van der Waals surface area (Å²) in [6.07, 6.45) is 0.0315. The van der Waals surface area contributed by atoms with Crippen molar-refractivity contribution in [1.82, 2.24) is 4.90 Å². The monoisotopic (exact) mass is 235 g/mol. The first-order valence-electron chi connectivity index (χ1n) is 6.07. The van der Waals surface area contributed by atoms with E-state index in [-0.39, 0.29) is 11.6 Å². The molecule has 0 saturated carbocycles. The van der Waals surface area contributed by atoms with Crippen LogP contribution < -0.4 is 0 Å². The number of aryl methyl sites for hydroxylation is 1. The van der Waals surface area contributed by atoms with Gasteiger partial charge < -0.3 is 4.74 Å². The molecule has 0 aliphatic rings. The molecule has 1 rings (SSSR count). The molecule has 0 aromatic heterocycles. The largest absolute Gasteiger partial charge is 0.362 e. The summed E-state index contributed by atoms with van der Waals surface area (Å²) in [5.74, 6) is 0. The Kier molecular flexibility index (Phi) is 4.34. The Bertz CT molecular complexity index is 377. The van der Waals surface area contributed by atoms with Crippen molar-refractivity contribution >= 4 is 0 Å². The van der Waals surface area contributed by atoms with Gasteiger partial charge in [-0.05, 0) is 43.1 Å². The summed E-state index contributed by atoms with van der Waals surface area (Å²) in [6, 6.07) is 6.66. The first kappa shape index (κ1) is 14.2. The summed E-state index contributed by atoms with van der Waals surface area (Å²) < 4.78 is 5.53. The molecule has 17 heavy (non-hydrogen) atoms. The molecule has 1 unspecified atom stereocenters. The Hall–Kier alpha value is -0.860. The summed E-state index contributed by atoms with van der Waals surface area (Å²) in [4.78, 5) is 2.08. The predicted molar refractivity (Wildman–Crippen MR) is 73.3 cm³/mol. The number of nitrogens with zero attached hydrogens (tertiary/aromatic N) is 1. The van der Waals surface area contributed by atoms with Gasteiger partial charge in [0.2, 0.25) is 0 Å². The molecular weight excluding hydrogens is 210 g/mol. The molecule has 0 bridgehead atoms. The van der Waals surface area contributed by atoms with Gasteiger partial charge in [-0.25, -0.2) is 0 Å². The van der Waals surface area contributed by atoms with Gasteiger partial charge in [0.25, 0.3) is 0 Å². The molecule has 0 saturated heterocycles. The third-order valence-corrected chi connectivity index (χ3v) is 3.09. The van der Waals surface area contributed by atoms with Crippen LogP contribution in [0.2, 0.25) is 0 Å². The van der Waals surface area contributed by atoms with Crippen LogP contribution in [0.25, 0.3) is 0 Å². The quantitative estimate of drug-likeness (QED) is 0.743. The van der Waals surface area contributed by atoms with Crippen molar-refractivity contribution in [2.45, 2.75) is 39.3 Å². The van der Waals surface area contributed by atoms with Gasteiger partial charge in [0.1, 0.15) is 6.23 Å². The zero-order valence-corrected chi connectivity index (χ0v) is 12.2. The highest BCUT2D eigenvalue weighted by atomic mass is 16.5. The number of methoxy groups -OCH3 is 1. The molecule has 0 spiro atoms. The Morgan fingerprint density at radius 3 is 2.12 bits per heavy atom. The molecule has 0 heterocycles. The maximum atomic E-state index is 5.53. The minimum atomic E-state index is 0.0315. The molecule has 1 aromatic rings. The summed E-state index contributed by atoms with van der Waals surface area (Å²) in [5.41, 5.74) is 4.10. The van der Waals surface area contributed by atoms with Crippen molar-refractivity contribution in [1.29, 1.82) is 0 Å². The molecule has 0 fully saturated rings. The number of benzene rings is 1. The molecule has 0 aliphatic heterocycles. The van der Waals surface area contributed by atoms with Crippen LogP contribution in [0.15, 0.2) is 18.2 Å². The lowest BCUT2D eigenvalue weighted by atomic mass is 9.85. The van der Waals surface area contributed by atoms with E-state index >= 15 is 0 Å². The third-order valence-electron chi connectivity index (χ3n) is 3.09. The summed E-state index contributed by atoms with van der Waals surface area (Å²) in [7, 11) is 5.82. The summed E-state index contributed by atoms with van der Waals surface area (Å²) >= 11 is 0. The average molecular weight is 235 g/mol. The minimum Gasteiger partial charge on any atom is -0.362 e. The van der Waals surface area contributed by atoms with Crippen LogP contribution in [0.5, 0.6) is 0 Å². The molecular formula is C15H25NO. The van der Waals surface area contributed by atoms with Crippen LogP contribution in [0.1, 0.15) is 43.7 Å². The second kappa shape index (κ2) is 5.19. The van der Waals surface area contributed by atoms with E-state index in [1.807, 2.05) is 14.1 Å². The van der Waals surface area contributed by atoms with E-state index in [9.17, 15) is 0 Å². The summed E-state index contributed by atoms with van der Waals surface area (Å²) in [6.45, 7) is 8.86. The van der Waals surface area contributed by atoms with E-state index in [1.165, 1.54) is 16.7 Å². The SMILES string of the molecule is COC(c1ccc(C(C)(C)C)cc1C)N(C)C. The Balaban J connectivity index is 3.13. The molecule has 1 aromatic carbocycles. The molecule has 0 radical (unpaired) electrons. The van der Waals surface area contributed by atoms with Gasteiger partial charge in [-0.3, -0.25) is 4.90 Å². The van der Waals surface area contributed by atoms with Crippen LogP contribution >= 0.6 is 0 Å². The van der Waals surface area contributed by atoms with Crippen LogP contribution in [0, 0.1) is 6.92 Å². The van der Waals surface area contributed by atoms with Gasteiger partial charge in [-0.15, -0.1) is 0 Å². The Labute approximate surface area is 106 Å². The van der Waals surface area contributed by atoms with Crippen LogP contribution in [0.3, 0.4) is 0 Å². The second-order valence-corrected chi connectivity index (χ2v) is 5.87. The van der Waals surface area contributed by atoms with E-state index < -0.39 is 0 Å². The molecule has 2 heteroatoms. The van der Waals surface area contributed by atoms with Gasteiger partial charge >= 0.3 is 0 Å². The zero-order valence-electron chi connectivity index (χ0n) is 12.2. The first-order valence-corrected chi connectivity index (χ1v) is 6.07. The minimum absolute atomic E-state index is 0.0315. The highest BCUT2D eigenvalue weighted by Gasteiger charge is 2.18. The number of hydrogen-bond acceptors (Lipinski definition) is 2. The maximum Gasteiger partial charge on any atom is 0.136 e. The molecule has 0 amide bonds. The molecule has 96 valence electrons. The Morgan fingerprint density at radius 2 is 1.76 bits per heavy atom. The van der Waals surface area contributed by atoms with Crippen molar-refractivity contribution in [3.8, 4) is 0 Å². The second-order valence-electron chi connectivity index (χ2n) is 5.87. The van der Waals surface area contributed by atoms with E-state index in [0.29, 0.717) is 0 Å². The molecule has 0 aliphatic carbocycles. The van der Waals surface area contributed by atoms with Gasteiger partial charge in [-0.1, -0.05) is 39.0 Å². The number of ether oxygens (including phenoxy) is 1. The topological polar surface area (TPSA) is 12.5 Å². The van der Waals surface area contributed by atoms with Crippen LogP contribution in [-0.2, 0) is 10.2 Å². The Morgan fingerprint density at radius 1 is 1.18 bits per heavy atom. The van der Waals surface area contributed by atoms with Gasteiger partial charge in [0.05, 0.1) is 0 Å². The van der Waals surface area contributed by atoms with Crippen molar-refractivity contribution in [2.24, 2.45) is 0 Å². The first-order chi connectivity index (χ1) is 7.77.